The molecule has 0 amide bonds. The van der Waals surface area contributed by atoms with E-state index in [4.69, 9.17) is 4.42 Å². The molecule has 0 spiro atoms. The Balaban J connectivity index is 2.29. The lowest BCUT2D eigenvalue weighted by molar-refractivity contribution is 0.466. The third-order valence-corrected chi connectivity index (χ3v) is 3.84. The molecule has 0 atom stereocenters. The van der Waals surface area contributed by atoms with Crippen LogP contribution >= 0.6 is 0 Å². The van der Waals surface area contributed by atoms with Crippen molar-refractivity contribution >= 4 is 15.8 Å². The topological polar surface area (TPSA) is 97.1 Å². The minimum absolute atomic E-state index is 0.100. The third kappa shape index (κ3) is 3.09. The van der Waals surface area contributed by atoms with E-state index in [1.165, 1.54) is 18.3 Å². The van der Waals surface area contributed by atoms with Crippen molar-refractivity contribution in [3.8, 4) is 0 Å². The standard InChI is InChI=1S/C11H14N4O3S/c1-8-10(6-9(18-8)7-12-2)19(16,17)15-11-4-3-5-13-14-11/h3-6,12H,7H2,1-2H3,(H,14,15). The van der Waals surface area contributed by atoms with Gasteiger partial charge in [-0.2, -0.15) is 5.10 Å². The van der Waals surface area contributed by atoms with Crippen LogP contribution in [0.1, 0.15) is 11.5 Å². The Bertz CT molecular complexity index is 652. The van der Waals surface area contributed by atoms with Crippen LogP contribution in [0.3, 0.4) is 0 Å². The Kier molecular flexibility index (Phi) is 3.82. The first-order valence-corrected chi connectivity index (χ1v) is 7.05. The van der Waals surface area contributed by atoms with Gasteiger partial charge in [0, 0.05) is 12.3 Å². The first-order chi connectivity index (χ1) is 9.03. The molecule has 0 bridgehead atoms. The van der Waals surface area contributed by atoms with Crippen molar-refractivity contribution in [2.45, 2.75) is 18.4 Å². The zero-order valence-corrected chi connectivity index (χ0v) is 11.4. The molecule has 2 heterocycles. The average molecular weight is 282 g/mol. The van der Waals surface area contributed by atoms with Crippen LogP contribution in [0.2, 0.25) is 0 Å². The predicted octanol–water partition coefficient (Wildman–Crippen LogP) is 0.898. The molecule has 2 aromatic rings. The second kappa shape index (κ2) is 5.37. The predicted molar refractivity (Wildman–Crippen MR) is 69.0 cm³/mol. The van der Waals surface area contributed by atoms with E-state index in [2.05, 4.69) is 20.2 Å². The van der Waals surface area contributed by atoms with Crippen LogP contribution in [0, 0.1) is 6.92 Å². The van der Waals surface area contributed by atoms with E-state index in [1.54, 1.807) is 20.0 Å². The van der Waals surface area contributed by atoms with Crippen LogP contribution in [0.4, 0.5) is 5.82 Å². The second-order valence-corrected chi connectivity index (χ2v) is 5.53. The summed E-state index contributed by atoms with van der Waals surface area (Å²) >= 11 is 0. The first-order valence-electron chi connectivity index (χ1n) is 5.57. The molecule has 0 saturated carbocycles. The number of rotatable bonds is 5. The largest absolute Gasteiger partial charge is 0.464 e. The second-order valence-electron chi connectivity index (χ2n) is 3.88. The zero-order valence-electron chi connectivity index (χ0n) is 10.5. The summed E-state index contributed by atoms with van der Waals surface area (Å²) in [5.74, 6) is 1.06. The Morgan fingerprint density at radius 3 is 2.84 bits per heavy atom. The molecule has 2 aromatic heterocycles. The van der Waals surface area contributed by atoms with Crippen molar-refractivity contribution in [2.24, 2.45) is 0 Å². The third-order valence-electron chi connectivity index (χ3n) is 2.38. The fourth-order valence-electron chi connectivity index (χ4n) is 1.60. The highest BCUT2D eigenvalue weighted by Crippen LogP contribution is 2.21. The normalized spacial score (nSPS) is 11.5. The van der Waals surface area contributed by atoms with E-state index in [1.807, 2.05) is 0 Å². The number of hydrogen-bond acceptors (Lipinski definition) is 6. The Hall–Kier alpha value is -1.93. The van der Waals surface area contributed by atoms with E-state index in [0.717, 1.165) is 0 Å². The van der Waals surface area contributed by atoms with Gasteiger partial charge in [-0.05, 0) is 26.1 Å². The van der Waals surface area contributed by atoms with Gasteiger partial charge in [0.1, 0.15) is 16.4 Å². The molecule has 2 rings (SSSR count). The Morgan fingerprint density at radius 2 is 2.21 bits per heavy atom. The molecule has 0 aliphatic heterocycles. The summed E-state index contributed by atoms with van der Waals surface area (Å²) in [4.78, 5) is 0.100. The summed E-state index contributed by atoms with van der Waals surface area (Å²) < 4.78 is 32.1. The van der Waals surface area contributed by atoms with E-state index in [0.29, 0.717) is 18.1 Å². The molecule has 2 N–H and O–H groups in total. The highest BCUT2D eigenvalue weighted by molar-refractivity contribution is 7.92. The van der Waals surface area contributed by atoms with Crippen molar-refractivity contribution < 1.29 is 12.8 Å². The van der Waals surface area contributed by atoms with Gasteiger partial charge >= 0.3 is 0 Å². The number of anilines is 1. The van der Waals surface area contributed by atoms with Gasteiger partial charge < -0.3 is 9.73 Å². The maximum absolute atomic E-state index is 12.2. The van der Waals surface area contributed by atoms with E-state index in [9.17, 15) is 8.42 Å². The molecule has 0 aromatic carbocycles. The van der Waals surface area contributed by atoms with Crippen molar-refractivity contribution in [3.05, 3.63) is 35.9 Å². The van der Waals surface area contributed by atoms with Crippen molar-refractivity contribution in [1.29, 1.82) is 0 Å². The van der Waals surface area contributed by atoms with Crippen molar-refractivity contribution in [3.63, 3.8) is 0 Å². The van der Waals surface area contributed by atoms with Crippen LogP contribution in [-0.2, 0) is 16.6 Å². The smallest absolute Gasteiger partial charge is 0.266 e. The molecule has 19 heavy (non-hydrogen) atoms. The van der Waals surface area contributed by atoms with Crippen LogP contribution in [-0.4, -0.2) is 25.7 Å². The minimum Gasteiger partial charge on any atom is -0.464 e. The number of aromatic nitrogens is 2. The van der Waals surface area contributed by atoms with Gasteiger partial charge in [-0.15, -0.1) is 5.10 Å². The van der Waals surface area contributed by atoms with Crippen LogP contribution in [0.25, 0.3) is 0 Å². The van der Waals surface area contributed by atoms with Gasteiger partial charge in [0.2, 0.25) is 0 Å². The van der Waals surface area contributed by atoms with Gasteiger partial charge in [0.15, 0.2) is 5.82 Å². The van der Waals surface area contributed by atoms with Crippen molar-refractivity contribution in [1.82, 2.24) is 15.5 Å². The van der Waals surface area contributed by atoms with Crippen LogP contribution in [0.15, 0.2) is 33.7 Å². The molecule has 0 unspecified atom stereocenters. The van der Waals surface area contributed by atoms with Crippen LogP contribution < -0.4 is 10.0 Å². The molecule has 7 nitrogen and oxygen atoms in total. The van der Waals surface area contributed by atoms with Crippen molar-refractivity contribution in [2.75, 3.05) is 11.8 Å². The molecule has 0 fully saturated rings. The number of aryl methyl sites for hydroxylation is 1. The summed E-state index contributed by atoms with van der Waals surface area (Å²) in [7, 11) is -1.96. The molecular weight excluding hydrogens is 268 g/mol. The summed E-state index contributed by atoms with van der Waals surface area (Å²) in [5, 5.41) is 10.2. The average Bonchev–Trinajstić information content (AvgIpc) is 2.72. The quantitative estimate of drug-likeness (QED) is 0.845. The fourth-order valence-corrected chi connectivity index (χ4v) is 2.80. The number of nitrogens with one attached hydrogen (secondary N) is 2. The van der Waals surface area contributed by atoms with Gasteiger partial charge in [0.05, 0.1) is 6.54 Å². The monoisotopic (exact) mass is 282 g/mol. The Labute approximate surface area is 111 Å². The SMILES string of the molecule is CNCc1cc(S(=O)(=O)Nc2cccnn2)c(C)o1. The number of furan rings is 1. The van der Waals surface area contributed by atoms with Gasteiger partial charge in [0.25, 0.3) is 10.0 Å². The fraction of sp³-hybridized carbons (Fsp3) is 0.273. The summed E-state index contributed by atoms with van der Waals surface area (Å²) in [6, 6.07) is 4.61. The maximum Gasteiger partial charge on any atom is 0.266 e. The number of sulfonamides is 1. The highest BCUT2D eigenvalue weighted by Gasteiger charge is 2.21. The molecule has 0 aliphatic rings. The Morgan fingerprint density at radius 1 is 1.42 bits per heavy atom. The minimum atomic E-state index is -3.72. The zero-order chi connectivity index (χ0) is 13.9. The van der Waals surface area contributed by atoms with E-state index < -0.39 is 10.0 Å². The number of hydrogen-bond donors (Lipinski definition) is 2. The summed E-state index contributed by atoms with van der Waals surface area (Å²) in [6.45, 7) is 2.06. The molecular formula is C11H14N4O3S. The number of nitrogens with zero attached hydrogens (tertiary/aromatic N) is 2. The lowest BCUT2D eigenvalue weighted by Crippen LogP contribution is -2.14. The molecule has 0 radical (unpaired) electrons. The molecule has 102 valence electrons. The van der Waals surface area contributed by atoms with Crippen LogP contribution in [0.5, 0.6) is 0 Å². The molecule has 8 heteroatoms. The molecule has 0 saturated heterocycles. The highest BCUT2D eigenvalue weighted by atomic mass is 32.2. The van der Waals surface area contributed by atoms with Gasteiger partial charge in [-0.3, -0.25) is 4.72 Å². The lowest BCUT2D eigenvalue weighted by Gasteiger charge is -2.04. The first kappa shape index (κ1) is 13.5. The maximum atomic E-state index is 12.2. The van der Waals surface area contributed by atoms with Gasteiger partial charge in [-0.1, -0.05) is 0 Å². The summed E-state index contributed by atoms with van der Waals surface area (Å²) in [6.07, 6.45) is 1.46. The van der Waals surface area contributed by atoms with E-state index in [-0.39, 0.29) is 10.7 Å². The van der Waals surface area contributed by atoms with E-state index >= 15 is 0 Å². The molecule has 0 aliphatic carbocycles. The van der Waals surface area contributed by atoms with Gasteiger partial charge in [-0.25, -0.2) is 8.42 Å². The lowest BCUT2D eigenvalue weighted by atomic mass is 10.4. The summed E-state index contributed by atoms with van der Waals surface area (Å²) in [5.41, 5.74) is 0.